The van der Waals surface area contributed by atoms with E-state index in [0.29, 0.717) is 5.92 Å². The number of carbonyl (C=O) groups excluding carboxylic acids is 2. The van der Waals surface area contributed by atoms with Gasteiger partial charge in [-0.1, -0.05) is 18.6 Å². The molecule has 2 aliphatic carbocycles. The van der Waals surface area contributed by atoms with Gasteiger partial charge in [-0.2, -0.15) is 0 Å². The van der Waals surface area contributed by atoms with Crippen LogP contribution in [0.4, 0.5) is 5.69 Å². The number of anilines is 1. The standard InChI is InChI=1S/C21H28N2O2S/c1-14(17-13-15-6-7-16(17)12-15)22-20(24)8-9-21(25)23-10-11-26-19-5-3-2-4-18(19)23/h2-5,14-17H,6-13H2,1H3,(H,22,24). The van der Waals surface area contributed by atoms with Crippen molar-refractivity contribution < 1.29 is 9.59 Å². The summed E-state index contributed by atoms with van der Waals surface area (Å²) in [5.41, 5.74) is 0.990. The molecule has 5 heteroatoms. The van der Waals surface area contributed by atoms with E-state index < -0.39 is 0 Å². The third-order valence-electron chi connectivity index (χ3n) is 6.42. The van der Waals surface area contributed by atoms with E-state index in [4.69, 9.17) is 0 Å². The largest absolute Gasteiger partial charge is 0.353 e. The molecule has 2 amide bonds. The summed E-state index contributed by atoms with van der Waals surface area (Å²) in [5.74, 6) is 3.33. The Balaban J connectivity index is 1.27. The quantitative estimate of drug-likeness (QED) is 0.854. The molecule has 4 rings (SSSR count). The van der Waals surface area contributed by atoms with Crippen molar-refractivity contribution in [3.8, 4) is 0 Å². The van der Waals surface area contributed by atoms with Crippen molar-refractivity contribution in [1.29, 1.82) is 0 Å². The minimum absolute atomic E-state index is 0.0216. The Kier molecular flexibility index (Phi) is 5.25. The Morgan fingerprint density at radius 3 is 2.85 bits per heavy atom. The number of nitrogens with zero attached hydrogens (tertiary/aromatic N) is 1. The fourth-order valence-corrected chi connectivity index (χ4v) is 6.12. The first kappa shape index (κ1) is 17.9. The van der Waals surface area contributed by atoms with Gasteiger partial charge in [-0.25, -0.2) is 0 Å². The van der Waals surface area contributed by atoms with Gasteiger partial charge in [0.15, 0.2) is 0 Å². The van der Waals surface area contributed by atoms with Crippen molar-refractivity contribution in [3.63, 3.8) is 0 Å². The Bertz CT molecular complexity index is 692. The fraction of sp³-hybridized carbons (Fsp3) is 0.619. The Morgan fingerprint density at radius 1 is 1.23 bits per heavy atom. The molecule has 1 aromatic carbocycles. The number of nitrogens with one attached hydrogen (secondary N) is 1. The first-order valence-electron chi connectivity index (χ1n) is 9.93. The van der Waals surface area contributed by atoms with E-state index in [1.165, 1.54) is 25.7 Å². The highest BCUT2D eigenvalue weighted by Crippen LogP contribution is 2.49. The first-order chi connectivity index (χ1) is 12.6. The van der Waals surface area contributed by atoms with E-state index >= 15 is 0 Å². The smallest absolute Gasteiger partial charge is 0.227 e. The maximum Gasteiger partial charge on any atom is 0.227 e. The SMILES string of the molecule is CC(NC(=O)CCC(=O)N1CCSc2ccccc21)C1CC2CCC1C2. The molecule has 2 fully saturated rings. The molecule has 4 unspecified atom stereocenters. The lowest BCUT2D eigenvalue weighted by Gasteiger charge is -2.30. The summed E-state index contributed by atoms with van der Waals surface area (Å²) in [6.45, 7) is 2.87. The van der Waals surface area contributed by atoms with E-state index in [2.05, 4.69) is 18.3 Å². The molecule has 140 valence electrons. The van der Waals surface area contributed by atoms with Crippen molar-refractivity contribution in [2.45, 2.75) is 56.4 Å². The van der Waals surface area contributed by atoms with Gasteiger partial charge in [-0.3, -0.25) is 9.59 Å². The molecule has 26 heavy (non-hydrogen) atoms. The van der Waals surface area contributed by atoms with Gasteiger partial charge in [0, 0.05) is 36.1 Å². The molecule has 1 aromatic rings. The average Bonchev–Trinajstić information content (AvgIpc) is 3.29. The van der Waals surface area contributed by atoms with Crippen LogP contribution in [0.1, 0.15) is 45.4 Å². The molecule has 0 aromatic heterocycles. The van der Waals surface area contributed by atoms with E-state index in [0.717, 1.165) is 34.7 Å². The predicted octanol–water partition coefficient (Wildman–Crippen LogP) is 3.85. The minimum Gasteiger partial charge on any atom is -0.353 e. The van der Waals surface area contributed by atoms with Crippen molar-refractivity contribution >= 4 is 29.3 Å². The molecule has 0 radical (unpaired) electrons. The lowest BCUT2D eigenvalue weighted by Crippen LogP contribution is -2.41. The fourth-order valence-electron chi connectivity index (χ4n) is 5.12. The normalized spacial score (nSPS) is 27.9. The van der Waals surface area contributed by atoms with Gasteiger partial charge in [0.2, 0.25) is 11.8 Å². The third-order valence-corrected chi connectivity index (χ3v) is 7.46. The van der Waals surface area contributed by atoms with E-state index in [9.17, 15) is 9.59 Å². The van der Waals surface area contributed by atoms with Gasteiger partial charge in [-0.05, 0) is 56.1 Å². The molecule has 2 bridgehead atoms. The van der Waals surface area contributed by atoms with E-state index in [-0.39, 0.29) is 30.7 Å². The van der Waals surface area contributed by atoms with Crippen LogP contribution in [0.2, 0.25) is 0 Å². The van der Waals surface area contributed by atoms with Crippen LogP contribution in [-0.2, 0) is 9.59 Å². The second-order valence-corrected chi connectivity index (χ2v) is 9.19. The number of rotatable bonds is 5. The molecule has 1 aliphatic heterocycles. The summed E-state index contributed by atoms with van der Waals surface area (Å²) in [6.07, 6.45) is 5.92. The highest BCUT2D eigenvalue weighted by atomic mass is 32.2. The topological polar surface area (TPSA) is 49.4 Å². The van der Waals surface area contributed by atoms with Crippen LogP contribution in [0.15, 0.2) is 29.2 Å². The van der Waals surface area contributed by atoms with Gasteiger partial charge in [0.05, 0.1) is 5.69 Å². The summed E-state index contributed by atoms with van der Waals surface area (Å²) in [7, 11) is 0. The highest BCUT2D eigenvalue weighted by Gasteiger charge is 2.42. The number of hydrogen-bond acceptors (Lipinski definition) is 3. The molecule has 4 atom stereocenters. The lowest BCUT2D eigenvalue weighted by molar-refractivity contribution is -0.126. The van der Waals surface area contributed by atoms with Crippen molar-refractivity contribution in [2.24, 2.45) is 17.8 Å². The Hall–Kier alpha value is -1.49. The second kappa shape index (κ2) is 7.63. The van der Waals surface area contributed by atoms with Gasteiger partial charge < -0.3 is 10.2 Å². The zero-order valence-corrected chi connectivity index (χ0v) is 16.3. The predicted molar refractivity (Wildman–Crippen MR) is 105 cm³/mol. The molecule has 4 nitrogen and oxygen atoms in total. The first-order valence-corrected chi connectivity index (χ1v) is 10.9. The molecular formula is C21H28N2O2S. The number of carbonyl (C=O) groups is 2. The van der Waals surface area contributed by atoms with Crippen molar-refractivity contribution in [1.82, 2.24) is 5.32 Å². The molecule has 1 N–H and O–H groups in total. The van der Waals surface area contributed by atoms with Gasteiger partial charge in [-0.15, -0.1) is 11.8 Å². The van der Waals surface area contributed by atoms with Crippen molar-refractivity contribution in [2.75, 3.05) is 17.2 Å². The summed E-state index contributed by atoms with van der Waals surface area (Å²) in [5, 5.41) is 3.17. The number of para-hydroxylation sites is 1. The lowest BCUT2D eigenvalue weighted by atomic mass is 9.84. The number of hydrogen-bond donors (Lipinski definition) is 1. The van der Waals surface area contributed by atoms with Crippen molar-refractivity contribution in [3.05, 3.63) is 24.3 Å². The highest BCUT2D eigenvalue weighted by molar-refractivity contribution is 7.99. The van der Waals surface area contributed by atoms with Crippen LogP contribution in [0.3, 0.4) is 0 Å². The van der Waals surface area contributed by atoms with Crippen LogP contribution in [0, 0.1) is 17.8 Å². The van der Waals surface area contributed by atoms with E-state index in [1.807, 2.05) is 23.1 Å². The maximum absolute atomic E-state index is 12.6. The summed E-state index contributed by atoms with van der Waals surface area (Å²) < 4.78 is 0. The average molecular weight is 373 g/mol. The van der Waals surface area contributed by atoms with Gasteiger partial charge in [0.1, 0.15) is 0 Å². The minimum atomic E-state index is 0.0216. The third kappa shape index (κ3) is 3.64. The summed E-state index contributed by atoms with van der Waals surface area (Å²) >= 11 is 1.79. The zero-order valence-electron chi connectivity index (χ0n) is 15.4. The summed E-state index contributed by atoms with van der Waals surface area (Å²) in [6, 6.07) is 8.26. The van der Waals surface area contributed by atoms with Crippen LogP contribution >= 0.6 is 11.8 Å². The monoisotopic (exact) mass is 372 g/mol. The van der Waals surface area contributed by atoms with Crippen LogP contribution in [0.5, 0.6) is 0 Å². The number of fused-ring (bicyclic) bond motifs is 3. The van der Waals surface area contributed by atoms with Crippen LogP contribution in [-0.4, -0.2) is 30.2 Å². The number of thioether (sulfide) groups is 1. The Morgan fingerprint density at radius 2 is 2.08 bits per heavy atom. The van der Waals surface area contributed by atoms with Crippen LogP contribution < -0.4 is 10.2 Å². The molecule has 1 heterocycles. The number of benzene rings is 1. The van der Waals surface area contributed by atoms with Gasteiger partial charge >= 0.3 is 0 Å². The molecule has 3 aliphatic rings. The summed E-state index contributed by atoms with van der Waals surface area (Å²) in [4.78, 5) is 28.0. The van der Waals surface area contributed by atoms with Crippen LogP contribution in [0.25, 0.3) is 0 Å². The maximum atomic E-state index is 12.6. The molecule has 2 saturated carbocycles. The van der Waals surface area contributed by atoms with Gasteiger partial charge in [0.25, 0.3) is 0 Å². The zero-order chi connectivity index (χ0) is 18.1. The number of amides is 2. The molecular weight excluding hydrogens is 344 g/mol. The molecule has 0 spiro atoms. The van der Waals surface area contributed by atoms with E-state index in [1.54, 1.807) is 11.8 Å². The molecule has 0 saturated heterocycles. The second-order valence-electron chi connectivity index (χ2n) is 8.06. The Labute approximate surface area is 160 Å².